The summed E-state index contributed by atoms with van der Waals surface area (Å²) in [5.74, 6) is 0.433. The molecule has 1 aliphatic carbocycles. The first kappa shape index (κ1) is 8.51. The van der Waals surface area contributed by atoms with Crippen molar-refractivity contribution < 1.29 is 9.53 Å². The van der Waals surface area contributed by atoms with Gasteiger partial charge >= 0.3 is 0 Å². The van der Waals surface area contributed by atoms with E-state index in [4.69, 9.17) is 4.74 Å². The molecule has 0 radical (unpaired) electrons. The Morgan fingerprint density at radius 3 is 3.23 bits per heavy atom. The zero-order valence-corrected chi connectivity index (χ0v) is 7.57. The molecule has 1 saturated heterocycles. The molecule has 0 aromatic rings. The highest BCUT2D eigenvalue weighted by molar-refractivity contribution is 5.47. The third kappa shape index (κ3) is 1.80. The van der Waals surface area contributed by atoms with E-state index in [1.165, 1.54) is 5.57 Å². The molecule has 1 aliphatic heterocycles. The van der Waals surface area contributed by atoms with Crippen molar-refractivity contribution in [3.05, 3.63) is 23.8 Å². The van der Waals surface area contributed by atoms with Crippen LogP contribution < -0.4 is 5.32 Å². The second-order valence-corrected chi connectivity index (χ2v) is 3.52. The van der Waals surface area contributed by atoms with Gasteiger partial charge in [0.25, 0.3) is 0 Å². The minimum atomic E-state index is -0.0574. The number of amides is 1. The lowest BCUT2D eigenvalue weighted by Crippen LogP contribution is -2.21. The summed E-state index contributed by atoms with van der Waals surface area (Å²) in [6.45, 7) is 2.08. The van der Waals surface area contributed by atoms with E-state index in [0.29, 0.717) is 12.3 Å². The Bertz CT molecular complexity index is 270. The fourth-order valence-corrected chi connectivity index (χ4v) is 1.75. The number of carbonyl (C=O) groups excluding carboxylic acids is 1. The molecule has 0 spiro atoms. The Balaban J connectivity index is 1.90. The summed E-state index contributed by atoms with van der Waals surface area (Å²) in [7, 11) is 0. The fourth-order valence-electron chi connectivity index (χ4n) is 1.75. The van der Waals surface area contributed by atoms with Crippen molar-refractivity contribution >= 4 is 6.41 Å². The summed E-state index contributed by atoms with van der Waals surface area (Å²) in [6.07, 6.45) is 8.31. The highest BCUT2D eigenvalue weighted by Crippen LogP contribution is 2.33. The molecule has 3 nitrogen and oxygen atoms in total. The topological polar surface area (TPSA) is 41.6 Å². The second-order valence-electron chi connectivity index (χ2n) is 3.52. The molecule has 0 bridgehead atoms. The SMILES string of the molecule is CC1=CC(C2OC2NC=O)CC=C1. The largest absolute Gasteiger partial charge is 0.347 e. The molecule has 3 atom stereocenters. The molecule has 1 fully saturated rings. The van der Waals surface area contributed by atoms with E-state index in [-0.39, 0.29) is 12.3 Å². The molecule has 0 saturated carbocycles. The molecule has 0 aromatic carbocycles. The normalized spacial score (nSPS) is 36.7. The van der Waals surface area contributed by atoms with Gasteiger partial charge in [-0.3, -0.25) is 4.79 Å². The first-order valence-corrected chi connectivity index (χ1v) is 4.51. The van der Waals surface area contributed by atoms with Crippen LogP contribution in [-0.2, 0) is 9.53 Å². The summed E-state index contributed by atoms with van der Waals surface area (Å²) in [5, 5.41) is 2.63. The number of hydrogen-bond donors (Lipinski definition) is 1. The van der Waals surface area contributed by atoms with Gasteiger partial charge in [0, 0.05) is 5.92 Å². The zero-order valence-electron chi connectivity index (χ0n) is 7.57. The van der Waals surface area contributed by atoms with Crippen molar-refractivity contribution in [3.8, 4) is 0 Å². The maximum absolute atomic E-state index is 10.1. The third-order valence-electron chi connectivity index (χ3n) is 2.45. The van der Waals surface area contributed by atoms with Crippen LogP contribution in [0.3, 0.4) is 0 Å². The molecular formula is C10H13NO2. The standard InChI is InChI=1S/C10H13NO2/c1-7-3-2-4-8(5-7)9-10(13-9)11-6-12/h2-3,5-6,8-10H,4H2,1H3,(H,11,12). The van der Waals surface area contributed by atoms with Crippen molar-refractivity contribution in [3.63, 3.8) is 0 Å². The average Bonchev–Trinajstić information content (AvgIpc) is 2.85. The van der Waals surface area contributed by atoms with Crippen LogP contribution in [0.5, 0.6) is 0 Å². The lowest BCUT2D eigenvalue weighted by molar-refractivity contribution is -0.110. The lowest BCUT2D eigenvalue weighted by atomic mass is 9.94. The Hall–Kier alpha value is -1.09. The number of hydrogen-bond acceptors (Lipinski definition) is 2. The molecule has 1 N–H and O–H groups in total. The van der Waals surface area contributed by atoms with Crippen LogP contribution in [0.2, 0.25) is 0 Å². The number of ether oxygens (including phenoxy) is 1. The molecule has 0 aromatic heterocycles. The monoisotopic (exact) mass is 179 g/mol. The van der Waals surface area contributed by atoms with E-state index >= 15 is 0 Å². The van der Waals surface area contributed by atoms with E-state index in [0.717, 1.165) is 6.42 Å². The van der Waals surface area contributed by atoms with Crippen molar-refractivity contribution in [2.75, 3.05) is 0 Å². The van der Waals surface area contributed by atoms with E-state index < -0.39 is 0 Å². The van der Waals surface area contributed by atoms with Crippen molar-refractivity contribution in [1.29, 1.82) is 0 Å². The summed E-state index contributed by atoms with van der Waals surface area (Å²) in [6, 6.07) is 0. The Labute approximate surface area is 77.5 Å². The molecular weight excluding hydrogens is 166 g/mol. The zero-order chi connectivity index (χ0) is 9.26. The van der Waals surface area contributed by atoms with Gasteiger partial charge in [0.1, 0.15) is 6.10 Å². The van der Waals surface area contributed by atoms with E-state index in [1.54, 1.807) is 0 Å². The summed E-state index contributed by atoms with van der Waals surface area (Å²) >= 11 is 0. The number of rotatable bonds is 3. The van der Waals surface area contributed by atoms with Gasteiger partial charge in [-0.05, 0) is 13.3 Å². The van der Waals surface area contributed by atoms with Gasteiger partial charge in [0.15, 0.2) is 6.23 Å². The average molecular weight is 179 g/mol. The minimum Gasteiger partial charge on any atom is -0.347 e. The van der Waals surface area contributed by atoms with Crippen LogP contribution in [0.1, 0.15) is 13.3 Å². The Morgan fingerprint density at radius 2 is 2.54 bits per heavy atom. The van der Waals surface area contributed by atoms with E-state index in [2.05, 4.69) is 30.5 Å². The number of nitrogens with one attached hydrogen (secondary N) is 1. The van der Waals surface area contributed by atoms with Crippen LogP contribution in [-0.4, -0.2) is 18.7 Å². The molecule has 2 aliphatic rings. The van der Waals surface area contributed by atoms with Crippen LogP contribution in [0.25, 0.3) is 0 Å². The second kappa shape index (κ2) is 3.34. The van der Waals surface area contributed by atoms with Crippen LogP contribution in [0, 0.1) is 5.92 Å². The van der Waals surface area contributed by atoms with Gasteiger partial charge in [0.2, 0.25) is 6.41 Å². The van der Waals surface area contributed by atoms with E-state index in [1.807, 2.05) is 0 Å². The molecule has 1 heterocycles. The maximum atomic E-state index is 10.1. The van der Waals surface area contributed by atoms with Gasteiger partial charge in [-0.1, -0.05) is 23.8 Å². The highest BCUT2D eigenvalue weighted by atomic mass is 16.6. The van der Waals surface area contributed by atoms with Gasteiger partial charge in [-0.2, -0.15) is 0 Å². The van der Waals surface area contributed by atoms with Crippen LogP contribution >= 0.6 is 0 Å². The number of allylic oxidation sites excluding steroid dienone is 3. The van der Waals surface area contributed by atoms with E-state index in [9.17, 15) is 4.79 Å². The summed E-state index contributed by atoms with van der Waals surface area (Å²) < 4.78 is 5.32. The van der Waals surface area contributed by atoms with Gasteiger partial charge < -0.3 is 10.1 Å². The molecule has 3 unspecified atom stereocenters. The maximum Gasteiger partial charge on any atom is 0.209 e. The minimum absolute atomic E-state index is 0.0574. The van der Waals surface area contributed by atoms with Crippen molar-refractivity contribution in [2.45, 2.75) is 25.7 Å². The first-order valence-electron chi connectivity index (χ1n) is 4.51. The lowest BCUT2D eigenvalue weighted by Gasteiger charge is -2.11. The predicted molar refractivity (Wildman–Crippen MR) is 48.9 cm³/mol. The van der Waals surface area contributed by atoms with Crippen molar-refractivity contribution in [2.24, 2.45) is 5.92 Å². The Kier molecular flexibility index (Phi) is 2.19. The van der Waals surface area contributed by atoms with Gasteiger partial charge in [0.05, 0.1) is 0 Å². The molecule has 70 valence electrons. The van der Waals surface area contributed by atoms with Crippen LogP contribution in [0.15, 0.2) is 23.8 Å². The number of epoxide rings is 1. The summed E-state index contributed by atoms with van der Waals surface area (Å²) in [4.78, 5) is 10.1. The first-order chi connectivity index (χ1) is 6.31. The molecule has 2 rings (SSSR count). The molecule has 1 amide bonds. The van der Waals surface area contributed by atoms with Crippen LogP contribution in [0.4, 0.5) is 0 Å². The summed E-state index contributed by atoms with van der Waals surface area (Å²) in [5.41, 5.74) is 1.27. The molecule has 13 heavy (non-hydrogen) atoms. The third-order valence-corrected chi connectivity index (χ3v) is 2.45. The fraction of sp³-hybridized carbons (Fsp3) is 0.500. The quantitative estimate of drug-likeness (QED) is 0.518. The predicted octanol–water partition coefficient (Wildman–Crippen LogP) is 0.980. The highest BCUT2D eigenvalue weighted by Gasteiger charge is 2.43. The smallest absolute Gasteiger partial charge is 0.209 e. The Morgan fingerprint density at radius 1 is 1.69 bits per heavy atom. The van der Waals surface area contributed by atoms with Gasteiger partial charge in [-0.25, -0.2) is 0 Å². The molecule has 3 heteroatoms. The number of carbonyl (C=O) groups is 1. The van der Waals surface area contributed by atoms with Crippen molar-refractivity contribution in [1.82, 2.24) is 5.32 Å². The van der Waals surface area contributed by atoms with Gasteiger partial charge in [-0.15, -0.1) is 0 Å².